The maximum atomic E-state index is 12.8. The molecule has 27 heavy (non-hydrogen) atoms. The molecule has 0 N–H and O–H groups in total. The van der Waals surface area contributed by atoms with E-state index >= 15 is 0 Å². The Labute approximate surface area is 159 Å². The number of aromatic nitrogens is 4. The normalized spacial score (nSPS) is 20.3. The zero-order valence-electron chi connectivity index (χ0n) is 16.0. The quantitative estimate of drug-likeness (QED) is 0.812. The van der Waals surface area contributed by atoms with Gasteiger partial charge in [-0.05, 0) is 38.8 Å². The van der Waals surface area contributed by atoms with E-state index in [1.54, 1.807) is 10.9 Å². The second-order valence-electron chi connectivity index (χ2n) is 7.26. The lowest BCUT2D eigenvalue weighted by atomic mass is 10.2. The van der Waals surface area contributed by atoms with E-state index in [4.69, 9.17) is 9.72 Å². The number of carbonyl (C=O) groups excluding carboxylic acids is 1. The van der Waals surface area contributed by atoms with Gasteiger partial charge in [0.25, 0.3) is 0 Å². The summed E-state index contributed by atoms with van der Waals surface area (Å²) in [6.45, 7) is 7.78. The summed E-state index contributed by atoms with van der Waals surface area (Å²) in [6, 6.07) is 3.87. The molecule has 0 bridgehead atoms. The molecule has 0 spiro atoms. The minimum absolute atomic E-state index is 0.0586. The number of anilines is 1. The molecule has 1 amide bonds. The summed E-state index contributed by atoms with van der Waals surface area (Å²) in [7, 11) is 0. The van der Waals surface area contributed by atoms with Crippen LogP contribution in [0, 0.1) is 13.8 Å². The van der Waals surface area contributed by atoms with Crippen molar-refractivity contribution in [2.75, 3.05) is 37.7 Å². The molecule has 0 unspecified atom stereocenters. The summed E-state index contributed by atoms with van der Waals surface area (Å²) >= 11 is 0. The highest BCUT2D eigenvalue weighted by Gasteiger charge is 2.27. The van der Waals surface area contributed by atoms with Gasteiger partial charge in [-0.3, -0.25) is 9.48 Å². The van der Waals surface area contributed by atoms with E-state index in [1.807, 2.05) is 30.9 Å². The van der Waals surface area contributed by atoms with Gasteiger partial charge < -0.3 is 14.5 Å². The lowest BCUT2D eigenvalue weighted by molar-refractivity contribution is -0.140. The van der Waals surface area contributed by atoms with Crippen LogP contribution in [0.1, 0.15) is 36.0 Å². The van der Waals surface area contributed by atoms with E-state index in [2.05, 4.69) is 15.0 Å². The molecule has 0 saturated carbocycles. The Morgan fingerprint density at radius 2 is 2.07 bits per heavy atom. The fourth-order valence-electron chi connectivity index (χ4n) is 3.73. The number of aryl methyl sites for hydroxylation is 2. The Balaban J connectivity index is 1.44. The van der Waals surface area contributed by atoms with Gasteiger partial charge in [-0.25, -0.2) is 9.97 Å². The molecule has 2 aliphatic heterocycles. The topological polar surface area (TPSA) is 76.4 Å². The van der Waals surface area contributed by atoms with Crippen LogP contribution in [0.15, 0.2) is 18.3 Å². The molecular weight excluding hydrogens is 344 g/mol. The second kappa shape index (κ2) is 7.64. The fraction of sp³-hybridized carbons (Fsp3) is 0.579. The number of morpholine rings is 1. The maximum Gasteiger partial charge on any atom is 0.244 e. The van der Waals surface area contributed by atoms with E-state index in [-0.39, 0.29) is 18.6 Å². The predicted octanol–water partition coefficient (Wildman–Crippen LogP) is 1.49. The predicted molar refractivity (Wildman–Crippen MR) is 100 cm³/mol. The van der Waals surface area contributed by atoms with Crippen LogP contribution >= 0.6 is 0 Å². The number of rotatable bonds is 4. The summed E-state index contributed by atoms with van der Waals surface area (Å²) in [6.07, 6.45) is 3.94. The number of hydrogen-bond acceptors (Lipinski definition) is 6. The zero-order valence-corrected chi connectivity index (χ0v) is 16.0. The molecule has 4 rings (SSSR count). The van der Waals surface area contributed by atoms with E-state index in [9.17, 15) is 4.79 Å². The van der Waals surface area contributed by atoms with Gasteiger partial charge in [0.1, 0.15) is 12.6 Å². The van der Waals surface area contributed by atoms with Gasteiger partial charge in [0.2, 0.25) is 11.9 Å². The van der Waals surface area contributed by atoms with E-state index in [1.165, 1.54) is 12.8 Å². The molecule has 2 fully saturated rings. The molecule has 2 saturated heterocycles. The van der Waals surface area contributed by atoms with Gasteiger partial charge in [-0.2, -0.15) is 5.10 Å². The third-order valence-corrected chi connectivity index (χ3v) is 5.19. The van der Waals surface area contributed by atoms with Gasteiger partial charge in [-0.1, -0.05) is 0 Å². The third kappa shape index (κ3) is 3.95. The number of ether oxygens (including phenoxy) is 1. The molecule has 8 heteroatoms. The van der Waals surface area contributed by atoms with Crippen molar-refractivity contribution in [3.8, 4) is 0 Å². The Kier molecular flexibility index (Phi) is 5.07. The number of nitrogens with zero attached hydrogens (tertiary/aromatic N) is 6. The Bertz CT molecular complexity index is 814. The van der Waals surface area contributed by atoms with Crippen molar-refractivity contribution in [1.29, 1.82) is 0 Å². The Hall–Kier alpha value is -2.48. The van der Waals surface area contributed by atoms with Gasteiger partial charge in [0.05, 0.1) is 24.5 Å². The monoisotopic (exact) mass is 370 g/mol. The largest absolute Gasteiger partial charge is 0.368 e. The van der Waals surface area contributed by atoms with Crippen molar-refractivity contribution in [2.24, 2.45) is 0 Å². The molecule has 0 aromatic carbocycles. The highest BCUT2D eigenvalue weighted by atomic mass is 16.5. The fourth-order valence-corrected chi connectivity index (χ4v) is 3.73. The molecule has 2 aromatic rings. The van der Waals surface area contributed by atoms with Gasteiger partial charge >= 0.3 is 0 Å². The highest BCUT2D eigenvalue weighted by molar-refractivity contribution is 5.76. The van der Waals surface area contributed by atoms with Crippen LogP contribution in [0.4, 0.5) is 5.95 Å². The van der Waals surface area contributed by atoms with E-state index in [0.29, 0.717) is 19.7 Å². The molecule has 2 aromatic heterocycles. The number of carbonyl (C=O) groups is 1. The lowest BCUT2D eigenvalue weighted by Gasteiger charge is -2.33. The van der Waals surface area contributed by atoms with Crippen molar-refractivity contribution in [3.05, 3.63) is 35.4 Å². The average molecular weight is 370 g/mol. The molecule has 0 radical (unpaired) electrons. The molecule has 144 valence electrons. The van der Waals surface area contributed by atoms with Crippen LogP contribution in [0.5, 0.6) is 0 Å². The third-order valence-electron chi connectivity index (χ3n) is 5.19. The first-order chi connectivity index (χ1) is 13.1. The first kappa shape index (κ1) is 17.9. The van der Waals surface area contributed by atoms with Crippen LogP contribution < -0.4 is 4.90 Å². The van der Waals surface area contributed by atoms with Gasteiger partial charge in [-0.15, -0.1) is 0 Å². The summed E-state index contributed by atoms with van der Waals surface area (Å²) in [5.41, 5.74) is 2.77. The standard InChI is InChI=1S/C19H26N6O2/c1-14-11-15(2)25(22-14)13-18(26)24-9-10-27-17(12-24)16-5-6-20-19(21-16)23-7-3-4-8-23/h5-6,11,17H,3-4,7-10,12-13H2,1-2H3/t17-/m1/s1. The van der Waals surface area contributed by atoms with Crippen LogP contribution in [0.2, 0.25) is 0 Å². The van der Waals surface area contributed by atoms with Crippen molar-refractivity contribution >= 4 is 11.9 Å². The summed E-state index contributed by atoms with van der Waals surface area (Å²) in [4.78, 5) is 25.9. The second-order valence-corrected chi connectivity index (χ2v) is 7.26. The average Bonchev–Trinajstić information content (AvgIpc) is 3.32. The van der Waals surface area contributed by atoms with Crippen molar-refractivity contribution in [2.45, 2.75) is 39.3 Å². The zero-order chi connectivity index (χ0) is 18.8. The summed E-state index contributed by atoms with van der Waals surface area (Å²) in [5.74, 6) is 0.822. The molecule has 0 aliphatic carbocycles. The maximum absolute atomic E-state index is 12.8. The van der Waals surface area contributed by atoms with E-state index in [0.717, 1.165) is 36.1 Å². The molecule has 4 heterocycles. The van der Waals surface area contributed by atoms with Crippen LogP contribution in [-0.2, 0) is 16.1 Å². The molecular formula is C19H26N6O2. The summed E-state index contributed by atoms with van der Waals surface area (Å²) < 4.78 is 7.68. The SMILES string of the molecule is Cc1cc(C)n(CC(=O)N2CCO[C@@H](c3ccnc(N4CCCC4)n3)C2)n1. The smallest absolute Gasteiger partial charge is 0.244 e. The minimum atomic E-state index is -0.215. The first-order valence-electron chi connectivity index (χ1n) is 9.58. The van der Waals surface area contributed by atoms with Crippen molar-refractivity contribution in [3.63, 3.8) is 0 Å². The van der Waals surface area contributed by atoms with Crippen molar-refractivity contribution < 1.29 is 9.53 Å². The number of amides is 1. The van der Waals surface area contributed by atoms with Crippen molar-refractivity contribution in [1.82, 2.24) is 24.6 Å². The van der Waals surface area contributed by atoms with Crippen LogP contribution in [0.25, 0.3) is 0 Å². The first-order valence-corrected chi connectivity index (χ1v) is 9.58. The minimum Gasteiger partial charge on any atom is -0.368 e. The van der Waals surface area contributed by atoms with E-state index < -0.39 is 0 Å². The van der Waals surface area contributed by atoms with Crippen LogP contribution in [0.3, 0.4) is 0 Å². The van der Waals surface area contributed by atoms with Gasteiger partial charge in [0.15, 0.2) is 0 Å². The summed E-state index contributed by atoms with van der Waals surface area (Å²) in [5, 5.41) is 4.39. The molecule has 1 atom stereocenters. The van der Waals surface area contributed by atoms with Gasteiger partial charge in [0, 0.05) is 31.5 Å². The van der Waals surface area contributed by atoms with Crippen LogP contribution in [-0.4, -0.2) is 63.3 Å². The Morgan fingerprint density at radius 3 is 2.81 bits per heavy atom. The lowest BCUT2D eigenvalue weighted by Crippen LogP contribution is -2.44. The molecule has 2 aliphatic rings. The molecule has 8 nitrogen and oxygen atoms in total. The number of hydrogen-bond donors (Lipinski definition) is 0. The Morgan fingerprint density at radius 1 is 1.26 bits per heavy atom. The highest BCUT2D eigenvalue weighted by Crippen LogP contribution is 2.23.